The van der Waals surface area contributed by atoms with Crippen LogP contribution >= 0.6 is 11.3 Å². The topological polar surface area (TPSA) is 141 Å². The van der Waals surface area contributed by atoms with Crippen LogP contribution in [-0.4, -0.2) is 52.6 Å². The largest absolute Gasteiger partial charge is 0.384 e. The molecule has 45 heavy (non-hydrogen) atoms. The fourth-order valence-electron chi connectivity index (χ4n) is 6.02. The van der Waals surface area contributed by atoms with Gasteiger partial charge in [-0.2, -0.15) is 8.78 Å². The second kappa shape index (κ2) is 11.8. The average Bonchev–Trinajstić information content (AvgIpc) is 3.77. The molecule has 0 radical (unpaired) electrons. The molecule has 0 unspecified atom stereocenters. The number of pyridine rings is 1. The fraction of sp³-hybridized carbons (Fsp3) is 0.242. The van der Waals surface area contributed by atoms with Crippen LogP contribution in [0.15, 0.2) is 78.4 Å². The Morgan fingerprint density at radius 3 is 2.53 bits per heavy atom. The Morgan fingerprint density at radius 2 is 1.80 bits per heavy atom. The summed E-state index contributed by atoms with van der Waals surface area (Å²) in [5.41, 5.74) is 7.61. The molecule has 5 N–H and O–H groups in total. The van der Waals surface area contributed by atoms with E-state index in [2.05, 4.69) is 15.6 Å². The SMILES string of the molecule is C[C@@H](NC(=O)[C@@H]1C[C@@H](c2ccncc2)CN1C(=O)CNC(=O)c1ccc2c(c1)-c1ccccc1C2(F)F)c1cc(C(=N)N)cs1. The Morgan fingerprint density at radius 1 is 1.07 bits per heavy atom. The number of nitrogens with two attached hydrogens (primary N) is 1. The number of carbonyl (C=O) groups excluding carboxylic acids is 3. The van der Waals surface area contributed by atoms with E-state index in [1.165, 1.54) is 40.5 Å². The number of alkyl halides is 2. The first kappa shape index (κ1) is 30.1. The summed E-state index contributed by atoms with van der Waals surface area (Å²) < 4.78 is 29.9. The van der Waals surface area contributed by atoms with Crippen molar-refractivity contribution in [2.45, 2.75) is 37.3 Å². The minimum absolute atomic E-state index is 0.0616. The minimum atomic E-state index is -3.16. The van der Waals surface area contributed by atoms with E-state index in [1.54, 1.807) is 42.0 Å². The van der Waals surface area contributed by atoms with Gasteiger partial charge < -0.3 is 21.3 Å². The van der Waals surface area contributed by atoms with Crippen molar-refractivity contribution in [3.05, 3.63) is 111 Å². The molecule has 2 aromatic heterocycles. The van der Waals surface area contributed by atoms with Gasteiger partial charge in [0.25, 0.3) is 11.8 Å². The molecule has 0 bridgehead atoms. The van der Waals surface area contributed by atoms with E-state index < -0.39 is 23.8 Å². The summed E-state index contributed by atoms with van der Waals surface area (Å²) in [6.45, 7) is 1.71. The molecule has 3 heterocycles. The molecular weight excluding hydrogens is 598 g/mol. The van der Waals surface area contributed by atoms with Crippen molar-refractivity contribution in [1.29, 1.82) is 5.41 Å². The second-order valence-corrected chi connectivity index (χ2v) is 12.2. The van der Waals surface area contributed by atoms with Crippen LogP contribution in [0.25, 0.3) is 11.1 Å². The lowest BCUT2D eigenvalue weighted by molar-refractivity contribution is -0.137. The molecule has 0 spiro atoms. The first-order valence-electron chi connectivity index (χ1n) is 14.4. The predicted molar refractivity (Wildman–Crippen MR) is 166 cm³/mol. The summed E-state index contributed by atoms with van der Waals surface area (Å²) in [5.74, 6) is -4.71. The summed E-state index contributed by atoms with van der Waals surface area (Å²) in [6, 6.07) is 14.5. The number of thiophene rings is 1. The van der Waals surface area contributed by atoms with Crippen molar-refractivity contribution in [2.75, 3.05) is 13.1 Å². The number of halogens is 2. The smallest absolute Gasteiger partial charge is 0.299 e. The number of nitrogens with zero attached hydrogens (tertiary/aromatic N) is 2. The van der Waals surface area contributed by atoms with E-state index >= 15 is 0 Å². The van der Waals surface area contributed by atoms with Crippen LogP contribution in [0, 0.1) is 5.41 Å². The highest BCUT2D eigenvalue weighted by molar-refractivity contribution is 7.10. The first-order chi connectivity index (χ1) is 21.5. The van der Waals surface area contributed by atoms with Gasteiger partial charge in [-0.3, -0.25) is 24.8 Å². The number of benzene rings is 2. The molecule has 12 heteroatoms. The highest BCUT2D eigenvalue weighted by atomic mass is 32.1. The lowest BCUT2D eigenvalue weighted by atomic mass is 9.97. The van der Waals surface area contributed by atoms with Crippen LogP contribution in [0.5, 0.6) is 0 Å². The van der Waals surface area contributed by atoms with Crippen molar-refractivity contribution >= 4 is 34.9 Å². The Balaban J connectivity index is 1.17. The number of aromatic nitrogens is 1. The second-order valence-electron chi connectivity index (χ2n) is 11.2. The van der Waals surface area contributed by atoms with Crippen LogP contribution in [0.1, 0.15) is 62.8 Å². The molecule has 1 saturated heterocycles. The van der Waals surface area contributed by atoms with E-state index in [9.17, 15) is 23.2 Å². The molecule has 9 nitrogen and oxygen atoms in total. The molecule has 0 saturated carbocycles. The van der Waals surface area contributed by atoms with Crippen molar-refractivity contribution < 1.29 is 23.2 Å². The predicted octanol–water partition coefficient (Wildman–Crippen LogP) is 4.54. The number of likely N-dealkylation sites (tertiary alicyclic amines) is 1. The number of nitrogen functional groups attached to an aromatic ring is 1. The monoisotopic (exact) mass is 628 g/mol. The number of amidine groups is 1. The summed E-state index contributed by atoms with van der Waals surface area (Å²) in [7, 11) is 0. The Labute approximate surface area is 262 Å². The van der Waals surface area contributed by atoms with Gasteiger partial charge in [-0.15, -0.1) is 11.3 Å². The maximum Gasteiger partial charge on any atom is 0.299 e. The molecule has 230 valence electrons. The normalized spacial score (nSPS) is 18.5. The molecule has 1 aliphatic carbocycles. The Hall–Kier alpha value is -4.97. The van der Waals surface area contributed by atoms with Gasteiger partial charge in [0.15, 0.2) is 0 Å². The fourth-order valence-corrected chi connectivity index (χ4v) is 6.93. The summed E-state index contributed by atoms with van der Waals surface area (Å²) in [4.78, 5) is 46.5. The van der Waals surface area contributed by atoms with Gasteiger partial charge in [0.1, 0.15) is 11.9 Å². The Bertz CT molecular complexity index is 1810. The van der Waals surface area contributed by atoms with Crippen LogP contribution in [-0.2, 0) is 15.5 Å². The lowest BCUT2D eigenvalue weighted by Gasteiger charge is -2.25. The number of amides is 3. The van der Waals surface area contributed by atoms with Gasteiger partial charge in [-0.1, -0.05) is 30.3 Å². The molecule has 2 aromatic carbocycles. The van der Waals surface area contributed by atoms with E-state index in [0.717, 1.165) is 10.4 Å². The molecule has 1 aliphatic heterocycles. The van der Waals surface area contributed by atoms with Crippen molar-refractivity contribution in [3.63, 3.8) is 0 Å². The highest BCUT2D eigenvalue weighted by Crippen LogP contribution is 2.51. The van der Waals surface area contributed by atoms with E-state index in [1.807, 2.05) is 19.1 Å². The maximum atomic E-state index is 15.0. The summed E-state index contributed by atoms with van der Waals surface area (Å²) in [6.07, 6.45) is 3.70. The lowest BCUT2D eigenvalue weighted by Crippen LogP contribution is -2.49. The van der Waals surface area contributed by atoms with E-state index in [0.29, 0.717) is 17.5 Å². The van der Waals surface area contributed by atoms with Gasteiger partial charge in [0.2, 0.25) is 11.8 Å². The third-order valence-electron chi connectivity index (χ3n) is 8.39. The van der Waals surface area contributed by atoms with E-state index in [4.69, 9.17) is 11.1 Å². The van der Waals surface area contributed by atoms with Gasteiger partial charge in [0, 0.05) is 57.4 Å². The Kier molecular flexibility index (Phi) is 7.92. The number of rotatable bonds is 8. The zero-order valence-corrected chi connectivity index (χ0v) is 25.0. The number of hydrogen-bond acceptors (Lipinski definition) is 6. The minimum Gasteiger partial charge on any atom is -0.384 e. The quantitative estimate of drug-likeness (QED) is 0.168. The highest BCUT2D eigenvalue weighted by Gasteiger charge is 2.44. The average molecular weight is 629 g/mol. The van der Waals surface area contributed by atoms with E-state index in [-0.39, 0.29) is 59.0 Å². The van der Waals surface area contributed by atoms with Crippen LogP contribution in [0.4, 0.5) is 8.78 Å². The molecular formula is C33H30F2N6O3S. The summed E-state index contributed by atoms with van der Waals surface area (Å²) in [5, 5.41) is 15.0. The first-order valence-corrected chi connectivity index (χ1v) is 15.3. The third-order valence-corrected chi connectivity index (χ3v) is 9.51. The molecule has 1 fully saturated rings. The maximum absolute atomic E-state index is 15.0. The molecule has 4 aromatic rings. The zero-order chi connectivity index (χ0) is 31.9. The number of nitrogens with one attached hydrogen (secondary N) is 3. The van der Waals surface area contributed by atoms with Gasteiger partial charge in [0.05, 0.1) is 12.6 Å². The number of carbonyl (C=O) groups is 3. The third kappa shape index (κ3) is 5.68. The standard InChI is InChI=1S/C33H30F2N6O3S/c1-18(28-14-22(17-45-28)30(36)37)40-32(44)27-13-21(19-8-10-38-11-9-19)16-41(27)29(42)15-39-31(43)20-6-7-26-24(12-20)23-4-2-3-5-25(23)33(26,34)35/h2-12,14,17-18,21,27H,13,15-16H2,1H3,(H3,36,37)(H,39,43)(H,40,44)/t18-,21-,27+/m1/s1. The number of hydrogen-bond donors (Lipinski definition) is 4. The summed E-state index contributed by atoms with van der Waals surface area (Å²) >= 11 is 1.38. The van der Waals surface area contributed by atoms with Gasteiger partial charge in [-0.25, -0.2) is 0 Å². The van der Waals surface area contributed by atoms with Crippen molar-refractivity contribution in [1.82, 2.24) is 20.5 Å². The molecule has 6 rings (SSSR count). The molecule has 2 aliphatic rings. The van der Waals surface area contributed by atoms with Gasteiger partial charge >= 0.3 is 0 Å². The van der Waals surface area contributed by atoms with Crippen molar-refractivity contribution in [3.8, 4) is 11.1 Å². The molecule has 3 atom stereocenters. The molecule has 3 amide bonds. The zero-order valence-electron chi connectivity index (χ0n) is 24.2. The van der Waals surface area contributed by atoms with Crippen LogP contribution in [0.2, 0.25) is 0 Å². The van der Waals surface area contributed by atoms with Crippen LogP contribution in [0.3, 0.4) is 0 Å². The number of fused-ring (bicyclic) bond motifs is 3. The van der Waals surface area contributed by atoms with Gasteiger partial charge in [-0.05, 0) is 60.4 Å². The van der Waals surface area contributed by atoms with Crippen molar-refractivity contribution in [2.24, 2.45) is 5.73 Å². The van der Waals surface area contributed by atoms with Crippen LogP contribution < -0.4 is 16.4 Å².